The lowest BCUT2D eigenvalue weighted by Gasteiger charge is -2.31. The van der Waals surface area contributed by atoms with Crippen molar-refractivity contribution in [2.24, 2.45) is 16.1 Å². The van der Waals surface area contributed by atoms with Crippen LogP contribution < -0.4 is 5.32 Å². The van der Waals surface area contributed by atoms with Crippen molar-refractivity contribution in [2.45, 2.75) is 25.8 Å². The first-order valence-corrected chi connectivity index (χ1v) is 13.2. The van der Waals surface area contributed by atoms with E-state index in [1.54, 1.807) is 19.1 Å². The first-order valence-electron chi connectivity index (χ1n) is 12.8. The lowest BCUT2D eigenvalue weighted by atomic mass is 9.93. The van der Waals surface area contributed by atoms with Gasteiger partial charge in [0.15, 0.2) is 0 Å². The summed E-state index contributed by atoms with van der Waals surface area (Å²) in [5.41, 5.74) is 2.31. The number of benzene rings is 2. The molecule has 0 saturated carbocycles. The van der Waals surface area contributed by atoms with Gasteiger partial charge in [0.05, 0.1) is 32.3 Å². The maximum absolute atomic E-state index is 14.3. The summed E-state index contributed by atoms with van der Waals surface area (Å²) in [6.07, 6.45) is 2.52. The number of halogens is 2. The number of nitrogens with zero attached hydrogens (tertiary/aromatic N) is 3. The summed E-state index contributed by atoms with van der Waals surface area (Å²) in [5.74, 6) is -1.41. The zero-order valence-electron chi connectivity index (χ0n) is 21.4. The number of hydrogen-bond acceptors (Lipinski definition) is 7. The van der Waals surface area contributed by atoms with Gasteiger partial charge in [-0.2, -0.15) is 10.2 Å². The minimum Gasteiger partial charge on any atom is -0.466 e. The highest BCUT2D eigenvalue weighted by Crippen LogP contribution is 2.27. The first kappa shape index (κ1) is 27.9. The van der Waals surface area contributed by atoms with Crippen molar-refractivity contribution < 1.29 is 23.5 Å². The highest BCUT2D eigenvalue weighted by atomic mass is 35.5. The molecule has 0 radical (unpaired) electrons. The molecule has 0 spiro atoms. The molecule has 2 aromatic carbocycles. The average molecular weight is 543 g/mol. The quantitative estimate of drug-likeness (QED) is 0.424. The molecule has 0 unspecified atom stereocenters. The minimum absolute atomic E-state index is 0.266. The summed E-state index contributed by atoms with van der Waals surface area (Å²) >= 11 is 6.06. The van der Waals surface area contributed by atoms with E-state index in [1.807, 2.05) is 24.3 Å². The van der Waals surface area contributed by atoms with E-state index in [0.717, 1.165) is 18.7 Å². The topological polar surface area (TPSA) is 92.6 Å². The van der Waals surface area contributed by atoms with Gasteiger partial charge in [-0.25, -0.2) is 4.39 Å². The molecule has 2 aliphatic rings. The molecule has 4 rings (SSSR count). The number of esters is 1. The van der Waals surface area contributed by atoms with E-state index in [-0.39, 0.29) is 36.0 Å². The normalized spacial score (nSPS) is 17.1. The second-order valence-electron chi connectivity index (χ2n) is 9.31. The van der Waals surface area contributed by atoms with Gasteiger partial charge in [0.25, 0.3) is 5.91 Å². The number of amides is 1. The van der Waals surface area contributed by atoms with Crippen molar-refractivity contribution in [3.8, 4) is 11.1 Å². The van der Waals surface area contributed by atoms with Gasteiger partial charge < -0.3 is 14.8 Å². The Kier molecular flexibility index (Phi) is 9.98. The third-order valence-corrected chi connectivity index (χ3v) is 6.79. The number of nitrogens with one attached hydrogen (secondary N) is 1. The summed E-state index contributed by atoms with van der Waals surface area (Å²) in [5, 5.41) is 11.3. The van der Waals surface area contributed by atoms with Gasteiger partial charge in [0.1, 0.15) is 11.5 Å². The van der Waals surface area contributed by atoms with Crippen molar-refractivity contribution in [3.63, 3.8) is 0 Å². The highest BCUT2D eigenvalue weighted by Gasteiger charge is 2.29. The molecular weight excluding hydrogens is 511 g/mol. The Bertz CT molecular complexity index is 1180. The number of carbonyl (C=O) groups excluding carboxylic acids is 2. The van der Waals surface area contributed by atoms with Crippen LogP contribution >= 0.6 is 11.6 Å². The van der Waals surface area contributed by atoms with E-state index >= 15 is 0 Å². The molecule has 1 fully saturated rings. The molecule has 1 saturated heterocycles. The molecule has 2 aromatic rings. The molecule has 2 heterocycles. The third-order valence-electron chi connectivity index (χ3n) is 6.56. The van der Waals surface area contributed by atoms with Crippen molar-refractivity contribution in [3.05, 3.63) is 70.6 Å². The fraction of sp³-hybridized carbons (Fsp3) is 0.429. The summed E-state index contributed by atoms with van der Waals surface area (Å²) in [7, 11) is 0. The standard InChI is InChI=1S/C28H32ClFN4O4/c1-2-38-28(36)21(18-34-11-13-37-14-12-34)16-23(32-27(35)26-9-10-31-33-26)15-19-3-5-20(6-4-19)24-17-22(29)7-8-25(24)30/h3-9,17,21,23H,2,10-16,18H2,1H3,(H,32,35)/t21-,23+/m0/s1. The summed E-state index contributed by atoms with van der Waals surface area (Å²) < 4.78 is 25.2. The van der Waals surface area contributed by atoms with Gasteiger partial charge >= 0.3 is 5.97 Å². The predicted molar refractivity (Wildman–Crippen MR) is 142 cm³/mol. The lowest BCUT2D eigenvalue weighted by Crippen LogP contribution is -2.45. The molecule has 0 aliphatic carbocycles. The van der Waals surface area contributed by atoms with Gasteiger partial charge in [-0.1, -0.05) is 35.9 Å². The van der Waals surface area contributed by atoms with Crippen LogP contribution in [0.5, 0.6) is 0 Å². The van der Waals surface area contributed by atoms with Gasteiger partial charge in [-0.15, -0.1) is 0 Å². The number of azo groups is 1. The molecule has 1 amide bonds. The fourth-order valence-electron chi connectivity index (χ4n) is 4.64. The molecule has 10 heteroatoms. The third kappa shape index (κ3) is 7.69. The van der Waals surface area contributed by atoms with E-state index in [0.29, 0.717) is 55.3 Å². The monoisotopic (exact) mass is 542 g/mol. The SMILES string of the molecule is CCOC(=O)[C@@H](C[C@@H](Cc1ccc(-c2cc(Cl)ccc2F)cc1)NC(=O)C1=CCN=N1)CN1CCOCC1. The first-order chi connectivity index (χ1) is 18.4. The van der Waals surface area contributed by atoms with Crippen LogP contribution in [0.3, 0.4) is 0 Å². The molecular formula is C28H32ClFN4O4. The van der Waals surface area contributed by atoms with Gasteiger partial charge in [0, 0.05) is 36.3 Å². The second-order valence-corrected chi connectivity index (χ2v) is 9.74. The highest BCUT2D eigenvalue weighted by molar-refractivity contribution is 6.30. The van der Waals surface area contributed by atoms with Crippen LogP contribution in [0.1, 0.15) is 18.9 Å². The lowest BCUT2D eigenvalue weighted by molar-refractivity contribution is -0.149. The van der Waals surface area contributed by atoms with E-state index in [9.17, 15) is 14.0 Å². The molecule has 38 heavy (non-hydrogen) atoms. The fourth-order valence-corrected chi connectivity index (χ4v) is 4.82. The van der Waals surface area contributed by atoms with E-state index < -0.39 is 5.92 Å². The number of carbonyl (C=O) groups is 2. The van der Waals surface area contributed by atoms with Crippen molar-refractivity contribution in [1.29, 1.82) is 0 Å². The summed E-state index contributed by atoms with van der Waals surface area (Å²) in [6, 6.07) is 11.5. The van der Waals surface area contributed by atoms with Crippen molar-refractivity contribution in [2.75, 3.05) is 46.0 Å². The maximum atomic E-state index is 14.3. The summed E-state index contributed by atoms with van der Waals surface area (Å²) in [4.78, 5) is 28.0. The molecule has 8 nitrogen and oxygen atoms in total. The predicted octanol–water partition coefficient (Wildman–Crippen LogP) is 4.42. The smallest absolute Gasteiger partial charge is 0.310 e. The molecule has 1 N–H and O–H groups in total. The van der Waals surface area contributed by atoms with Crippen molar-refractivity contribution in [1.82, 2.24) is 10.2 Å². The zero-order valence-corrected chi connectivity index (χ0v) is 22.1. The van der Waals surface area contributed by atoms with Crippen LogP contribution in [0.25, 0.3) is 11.1 Å². The van der Waals surface area contributed by atoms with Crippen LogP contribution in [0.4, 0.5) is 4.39 Å². The largest absolute Gasteiger partial charge is 0.466 e. The van der Waals surface area contributed by atoms with Crippen LogP contribution in [0.2, 0.25) is 5.02 Å². The Morgan fingerprint density at radius 3 is 2.63 bits per heavy atom. The Balaban J connectivity index is 1.53. The van der Waals surface area contributed by atoms with Crippen molar-refractivity contribution >= 4 is 23.5 Å². The Hall–Kier alpha value is -3.14. The van der Waals surface area contributed by atoms with Crippen LogP contribution in [-0.2, 0) is 25.5 Å². The van der Waals surface area contributed by atoms with Gasteiger partial charge in [0.2, 0.25) is 0 Å². The van der Waals surface area contributed by atoms with Gasteiger partial charge in [-0.3, -0.25) is 14.5 Å². The summed E-state index contributed by atoms with van der Waals surface area (Å²) in [6.45, 7) is 5.67. The van der Waals surface area contributed by atoms with Gasteiger partial charge in [-0.05, 0) is 55.2 Å². The number of hydrogen-bond donors (Lipinski definition) is 1. The minimum atomic E-state index is -0.433. The molecule has 2 aliphatic heterocycles. The maximum Gasteiger partial charge on any atom is 0.310 e. The molecule has 202 valence electrons. The molecule has 0 aromatic heterocycles. The second kappa shape index (κ2) is 13.6. The Morgan fingerprint density at radius 2 is 1.95 bits per heavy atom. The molecule has 2 atom stereocenters. The van der Waals surface area contributed by atoms with E-state index in [4.69, 9.17) is 21.1 Å². The van der Waals surface area contributed by atoms with Crippen LogP contribution in [0.15, 0.2) is 64.5 Å². The van der Waals surface area contributed by atoms with Crippen LogP contribution in [-0.4, -0.2) is 68.8 Å². The number of morpholine rings is 1. The number of rotatable bonds is 11. The average Bonchev–Trinajstić information content (AvgIpc) is 3.46. The zero-order chi connectivity index (χ0) is 26.9. The van der Waals surface area contributed by atoms with E-state index in [1.165, 1.54) is 12.1 Å². The van der Waals surface area contributed by atoms with E-state index in [2.05, 4.69) is 20.4 Å². The number of ether oxygens (including phenoxy) is 2. The molecule has 0 bridgehead atoms. The Morgan fingerprint density at radius 1 is 1.18 bits per heavy atom. The van der Waals surface area contributed by atoms with Crippen LogP contribution in [0, 0.1) is 11.7 Å². The Labute approximate surface area is 226 Å².